The van der Waals surface area contributed by atoms with E-state index in [-0.39, 0.29) is 0 Å². The summed E-state index contributed by atoms with van der Waals surface area (Å²) in [6.45, 7) is 0. The second-order valence-corrected chi connectivity index (χ2v) is 15.7. The van der Waals surface area contributed by atoms with Crippen molar-refractivity contribution in [2.75, 3.05) is 0 Å². The van der Waals surface area contributed by atoms with Crippen molar-refractivity contribution < 1.29 is 9.05 Å². The van der Waals surface area contributed by atoms with Gasteiger partial charge in [0, 0.05) is 0 Å². The third-order valence-electron chi connectivity index (χ3n) is 8.79. The second-order valence-electron chi connectivity index (χ2n) is 10.5. The maximum Gasteiger partial charge on any atom is 0.244 e. The van der Waals surface area contributed by atoms with Gasteiger partial charge in [-0.05, 0) is 123 Å². The van der Waals surface area contributed by atoms with Gasteiger partial charge < -0.3 is 9.05 Å². The molecule has 0 aliphatic heterocycles. The van der Waals surface area contributed by atoms with Crippen LogP contribution >= 0.6 is 17.9 Å². The Morgan fingerprint density at radius 2 is 0.840 bits per heavy atom. The zero-order valence-corrected chi connectivity index (χ0v) is 17.6. The van der Waals surface area contributed by atoms with Crippen LogP contribution in [0, 0.1) is 47.3 Å². The molecule has 25 heavy (non-hydrogen) atoms. The molecule has 0 aromatic carbocycles. The maximum absolute atomic E-state index is 6.59. The summed E-state index contributed by atoms with van der Waals surface area (Å²) in [5.74, 6) is 6.88. The fraction of sp³-hybridized carbons (Fsp3) is 1.00. The van der Waals surface area contributed by atoms with Gasteiger partial charge in [-0.25, -0.2) is 0 Å². The highest BCUT2D eigenvalue weighted by Crippen LogP contribution is 2.65. The second kappa shape index (κ2) is 5.96. The van der Waals surface area contributed by atoms with Crippen LogP contribution in [0.4, 0.5) is 0 Å². The average Bonchev–Trinajstić information content (AvgIpc) is 2.53. The van der Waals surface area contributed by atoms with Gasteiger partial charge in [0.25, 0.3) is 0 Å². The first-order valence-electron chi connectivity index (χ1n) is 10.7. The monoisotopic (exact) mass is 398 g/mol. The van der Waals surface area contributed by atoms with Crippen molar-refractivity contribution in [2.45, 2.75) is 76.4 Å². The quantitative estimate of drug-likeness (QED) is 0.475. The molecule has 0 aromatic rings. The molecule has 0 heterocycles. The Morgan fingerprint density at radius 3 is 1.12 bits per heavy atom. The molecule has 0 saturated heterocycles. The molecular weight excluding hydrogens is 367 g/mol. The molecule has 5 heteroatoms. The van der Waals surface area contributed by atoms with Crippen LogP contribution in [-0.4, -0.2) is 12.2 Å². The average molecular weight is 399 g/mol. The SMILES string of the molecule is S=P(S)(OC1C2CC3CC(C2)CC1C3)OC1C2CC3CC(C2)CC1C3. The van der Waals surface area contributed by atoms with Crippen LogP contribution in [0.1, 0.15) is 64.2 Å². The fourth-order valence-corrected chi connectivity index (χ4v) is 11.0. The Labute approximate surface area is 162 Å². The zero-order chi connectivity index (χ0) is 16.8. The van der Waals surface area contributed by atoms with Gasteiger partial charge >= 0.3 is 0 Å². The Kier molecular flexibility index (Phi) is 4.01. The van der Waals surface area contributed by atoms with E-state index in [9.17, 15) is 0 Å². The molecule has 0 spiro atoms. The van der Waals surface area contributed by atoms with Gasteiger partial charge in [-0.3, -0.25) is 0 Å². The number of hydrogen-bond acceptors (Lipinski definition) is 3. The maximum atomic E-state index is 6.59. The van der Waals surface area contributed by atoms with Gasteiger partial charge in [-0.2, -0.15) is 0 Å². The minimum atomic E-state index is -2.42. The normalized spacial score (nSPS) is 57.8. The van der Waals surface area contributed by atoms with Crippen LogP contribution < -0.4 is 0 Å². The first kappa shape index (κ1) is 16.8. The third-order valence-corrected chi connectivity index (χ3v) is 10.9. The molecule has 8 aliphatic carbocycles. The zero-order valence-electron chi connectivity index (χ0n) is 15.0. The summed E-state index contributed by atoms with van der Waals surface area (Å²) >= 11 is 10.7. The predicted molar refractivity (Wildman–Crippen MR) is 107 cm³/mol. The molecule has 0 N–H and O–H groups in total. The lowest BCUT2D eigenvalue weighted by Gasteiger charge is -2.56. The van der Waals surface area contributed by atoms with E-state index < -0.39 is 5.69 Å². The highest BCUT2D eigenvalue weighted by Gasteiger charge is 2.52. The lowest BCUT2D eigenvalue weighted by atomic mass is 9.55. The predicted octanol–water partition coefficient (Wildman–Crippen LogP) is 5.82. The highest BCUT2D eigenvalue weighted by molar-refractivity contribution is 8.60. The summed E-state index contributed by atoms with van der Waals surface area (Å²) in [7, 11) is 0. The van der Waals surface area contributed by atoms with Crippen LogP contribution in [0.5, 0.6) is 0 Å². The van der Waals surface area contributed by atoms with E-state index in [0.29, 0.717) is 12.2 Å². The molecule has 0 unspecified atom stereocenters. The van der Waals surface area contributed by atoms with Crippen molar-refractivity contribution >= 4 is 29.7 Å². The fourth-order valence-electron chi connectivity index (χ4n) is 8.43. The molecule has 140 valence electrons. The van der Waals surface area contributed by atoms with Crippen molar-refractivity contribution in [3.8, 4) is 0 Å². The minimum Gasteiger partial charge on any atom is -0.318 e. The first-order valence-corrected chi connectivity index (χ1v) is 14.5. The van der Waals surface area contributed by atoms with Gasteiger partial charge in [-0.1, -0.05) is 12.2 Å². The van der Waals surface area contributed by atoms with Gasteiger partial charge in [-0.15, -0.1) is 0 Å². The minimum absolute atomic E-state index is 0.355. The summed E-state index contributed by atoms with van der Waals surface area (Å²) in [5, 5.41) is 0. The Balaban J connectivity index is 1.16. The van der Waals surface area contributed by atoms with Gasteiger partial charge in [0.1, 0.15) is 0 Å². The summed E-state index contributed by atoms with van der Waals surface area (Å²) in [5.41, 5.74) is -2.42. The van der Waals surface area contributed by atoms with E-state index in [0.717, 1.165) is 47.3 Å². The Morgan fingerprint density at radius 1 is 0.560 bits per heavy atom. The highest BCUT2D eigenvalue weighted by atomic mass is 32.9. The molecule has 0 atom stereocenters. The molecule has 8 saturated carbocycles. The van der Waals surface area contributed by atoms with Gasteiger partial charge in [0.15, 0.2) is 0 Å². The molecule has 0 radical (unpaired) electrons. The topological polar surface area (TPSA) is 18.5 Å². The standard InChI is InChI=1S/C20H31O2PS2/c24-23(25,21-19-15-3-11-1-12(5-15)6-16(19)4-11)22-20-17-7-13-2-14(9-17)10-18(20)8-13/h11-20H,1-10H2,(H,24,25). The van der Waals surface area contributed by atoms with E-state index >= 15 is 0 Å². The van der Waals surface area contributed by atoms with E-state index in [1.807, 2.05) is 0 Å². The molecule has 8 aliphatic rings. The largest absolute Gasteiger partial charge is 0.318 e. The molecule has 0 aromatic heterocycles. The summed E-state index contributed by atoms with van der Waals surface area (Å²) in [4.78, 5) is 0. The van der Waals surface area contributed by atoms with E-state index in [1.165, 1.54) is 64.2 Å². The smallest absolute Gasteiger partial charge is 0.244 e. The molecule has 8 bridgehead atoms. The molecule has 0 amide bonds. The van der Waals surface area contributed by atoms with Crippen molar-refractivity contribution in [2.24, 2.45) is 47.3 Å². The van der Waals surface area contributed by atoms with Crippen LogP contribution in [0.3, 0.4) is 0 Å². The lowest BCUT2D eigenvalue weighted by Crippen LogP contribution is -2.50. The van der Waals surface area contributed by atoms with E-state index in [4.69, 9.17) is 33.1 Å². The van der Waals surface area contributed by atoms with Crippen LogP contribution in [0.15, 0.2) is 0 Å². The molecule has 2 nitrogen and oxygen atoms in total. The molecule has 8 fully saturated rings. The summed E-state index contributed by atoms with van der Waals surface area (Å²) in [6.07, 6.45) is 14.7. The summed E-state index contributed by atoms with van der Waals surface area (Å²) < 4.78 is 13.2. The third kappa shape index (κ3) is 2.92. The van der Waals surface area contributed by atoms with Crippen molar-refractivity contribution in [1.29, 1.82) is 0 Å². The van der Waals surface area contributed by atoms with Crippen LogP contribution in [0.2, 0.25) is 0 Å². The van der Waals surface area contributed by atoms with E-state index in [2.05, 4.69) is 0 Å². The van der Waals surface area contributed by atoms with E-state index in [1.54, 1.807) is 0 Å². The number of hydrogen-bond donors (Lipinski definition) is 1. The molecule has 8 rings (SSSR count). The Bertz CT molecular complexity index is 505. The summed E-state index contributed by atoms with van der Waals surface area (Å²) in [6, 6.07) is 0. The Hall–Kier alpha value is 0.920. The van der Waals surface area contributed by atoms with Gasteiger partial charge in [0.05, 0.1) is 12.2 Å². The molecular formula is C20H31O2PS2. The number of thiol groups is 1. The van der Waals surface area contributed by atoms with Crippen molar-refractivity contribution in [1.82, 2.24) is 0 Å². The lowest BCUT2D eigenvalue weighted by molar-refractivity contribution is -0.0981. The van der Waals surface area contributed by atoms with Crippen molar-refractivity contribution in [3.63, 3.8) is 0 Å². The first-order chi connectivity index (χ1) is 12.0. The van der Waals surface area contributed by atoms with Crippen LogP contribution in [-0.2, 0) is 20.9 Å². The van der Waals surface area contributed by atoms with Crippen molar-refractivity contribution in [3.05, 3.63) is 0 Å². The number of rotatable bonds is 4. The van der Waals surface area contributed by atoms with Crippen LogP contribution in [0.25, 0.3) is 0 Å². The van der Waals surface area contributed by atoms with Gasteiger partial charge in [0.2, 0.25) is 5.69 Å².